The number of carbonyl (C=O) groups is 2. The number of aromatic nitrogens is 3. The van der Waals surface area contributed by atoms with Crippen molar-refractivity contribution < 1.29 is 14.3 Å². The van der Waals surface area contributed by atoms with Gasteiger partial charge < -0.3 is 19.9 Å². The molecule has 0 aliphatic heterocycles. The fourth-order valence-electron chi connectivity index (χ4n) is 4.01. The molecule has 4 N–H and O–H groups in total. The summed E-state index contributed by atoms with van der Waals surface area (Å²) in [5.41, 5.74) is 3.54. The predicted molar refractivity (Wildman–Crippen MR) is 152 cm³/mol. The number of benzene rings is 2. The quantitative estimate of drug-likeness (QED) is 0.116. The zero-order valence-electron chi connectivity index (χ0n) is 22.2. The molecule has 2 aromatic heterocycles. The highest BCUT2D eigenvalue weighted by Gasteiger charge is 2.13. The normalized spacial score (nSPS) is 10.7. The molecule has 0 radical (unpaired) electrons. The van der Waals surface area contributed by atoms with Crippen LogP contribution in [0.5, 0.6) is 0 Å². The number of fused-ring (bicyclic) bond motifs is 1. The number of pyridine rings is 1. The van der Waals surface area contributed by atoms with E-state index < -0.39 is 6.09 Å². The fraction of sp³-hybridized carbons (Fsp3) is 0.276. The van der Waals surface area contributed by atoms with Crippen LogP contribution >= 0.6 is 0 Å². The summed E-state index contributed by atoms with van der Waals surface area (Å²) in [6, 6.07) is 17.9. The maximum atomic E-state index is 12.6. The van der Waals surface area contributed by atoms with Crippen LogP contribution in [0.2, 0.25) is 0 Å². The number of hydrogen-bond donors (Lipinski definition) is 4. The Kier molecular flexibility index (Phi) is 9.23. The van der Waals surface area contributed by atoms with Gasteiger partial charge in [-0.25, -0.2) is 14.8 Å². The van der Waals surface area contributed by atoms with Gasteiger partial charge in [-0.05, 0) is 61.0 Å². The SMILES string of the molecule is CCCCCCOC(=O)NC(=N)c1ccc(NCc2nc3cc(C(=O)Nc4ccccn4)ccc3n2C)cc1. The lowest BCUT2D eigenvalue weighted by Gasteiger charge is -2.10. The summed E-state index contributed by atoms with van der Waals surface area (Å²) in [5, 5.41) is 16.7. The van der Waals surface area contributed by atoms with Gasteiger partial charge in [0.25, 0.3) is 5.91 Å². The molecule has 10 nitrogen and oxygen atoms in total. The van der Waals surface area contributed by atoms with Crippen LogP contribution in [0.4, 0.5) is 16.3 Å². The van der Waals surface area contributed by atoms with Gasteiger partial charge in [0.1, 0.15) is 17.5 Å². The molecule has 0 unspecified atom stereocenters. The van der Waals surface area contributed by atoms with E-state index in [-0.39, 0.29) is 11.7 Å². The summed E-state index contributed by atoms with van der Waals surface area (Å²) in [7, 11) is 1.93. The number of amides is 2. The molecule has 202 valence electrons. The molecule has 0 saturated carbocycles. The minimum atomic E-state index is -0.613. The van der Waals surface area contributed by atoms with Crippen LogP contribution in [-0.2, 0) is 18.3 Å². The van der Waals surface area contributed by atoms with Gasteiger partial charge in [0.2, 0.25) is 0 Å². The van der Waals surface area contributed by atoms with E-state index in [0.717, 1.165) is 48.2 Å². The number of hydrogen-bond acceptors (Lipinski definition) is 7. The highest BCUT2D eigenvalue weighted by molar-refractivity contribution is 6.05. The van der Waals surface area contributed by atoms with Crippen molar-refractivity contribution >= 4 is 40.4 Å². The highest BCUT2D eigenvalue weighted by atomic mass is 16.5. The molecular weight excluding hydrogens is 494 g/mol. The van der Waals surface area contributed by atoms with Crippen molar-refractivity contribution in [1.29, 1.82) is 5.41 Å². The summed E-state index contributed by atoms with van der Waals surface area (Å²) in [4.78, 5) is 33.4. The Hall–Kier alpha value is -4.73. The third kappa shape index (κ3) is 7.41. The van der Waals surface area contributed by atoms with E-state index in [1.807, 2.05) is 35.9 Å². The minimum Gasteiger partial charge on any atom is -0.449 e. The average molecular weight is 528 g/mol. The lowest BCUT2D eigenvalue weighted by atomic mass is 10.2. The van der Waals surface area contributed by atoms with Gasteiger partial charge in [0.05, 0.1) is 24.2 Å². The first kappa shape index (κ1) is 27.3. The Morgan fingerprint density at radius 1 is 1.00 bits per heavy atom. The lowest BCUT2D eigenvalue weighted by Crippen LogP contribution is -2.31. The number of nitrogens with one attached hydrogen (secondary N) is 4. The van der Waals surface area contributed by atoms with Gasteiger partial charge in [-0.1, -0.05) is 32.3 Å². The average Bonchev–Trinajstić information content (AvgIpc) is 3.27. The van der Waals surface area contributed by atoms with Crippen molar-refractivity contribution in [3.05, 3.63) is 83.8 Å². The smallest absolute Gasteiger partial charge is 0.412 e. The molecule has 0 atom stereocenters. The Morgan fingerprint density at radius 3 is 2.54 bits per heavy atom. The van der Waals surface area contributed by atoms with Crippen LogP contribution in [0.1, 0.15) is 54.4 Å². The number of nitrogens with zero attached hydrogens (tertiary/aromatic N) is 3. The van der Waals surface area contributed by atoms with Crippen molar-refractivity contribution in [2.45, 2.75) is 39.2 Å². The van der Waals surface area contributed by atoms with Crippen molar-refractivity contribution in [1.82, 2.24) is 19.9 Å². The second-order valence-electron chi connectivity index (χ2n) is 9.09. The first-order valence-corrected chi connectivity index (χ1v) is 13.0. The summed E-state index contributed by atoms with van der Waals surface area (Å²) >= 11 is 0. The zero-order chi connectivity index (χ0) is 27.6. The van der Waals surface area contributed by atoms with E-state index in [1.165, 1.54) is 0 Å². The van der Waals surface area contributed by atoms with E-state index in [0.29, 0.717) is 30.1 Å². The standard InChI is InChI=1S/C29H33N7O3/c1-3-4-5-8-17-39-29(38)35-27(30)20-10-13-22(14-11-20)32-19-26-33-23-18-21(12-15-24(23)36(26)2)28(37)34-25-9-6-7-16-31-25/h6-7,9-16,18,32H,3-5,8,17,19H2,1-2H3,(H2,30,35,38)(H,31,34,37). The van der Waals surface area contributed by atoms with E-state index in [4.69, 9.17) is 15.1 Å². The summed E-state index contributed by atoms with van der Waals surface area (Å²) < 4.78 is 7.11. The number of unbranched alkanes of at least 4 members (excludes halogenated alkanes) is 3. The van der Waals surface area contributed by atoms with Crippen LogP contribution in [0.15, 0.2) is 66.9 Å². The number of ether oxygens (including phenoxy) is 1. The van der Waals surface area contributed by atoms with Crippen molar-refractivity contribution in [2.24, 2.45) is 7.05 Å². The molecule has 2 aromatic carbocycles. The van der Waals surface area contributed by atoms with Crippen LogP contribution in [0.3, 0.4) is 0 Å². The first-order valence-electron chi connectivity index (χ1n) is 13.0. The van der Waals surface area contributed by atoms with Gasteiger partial charge in [0, 0.05) is 30.1 Å². The Labute approximate surface area is 227 Å². The van der Waals surface area contributed by atoms with Crippen molar-refractivity contribution in [3.63, 3.8) is 0 Å². The largest absolute Gasteiger partial charge is 0.449 e. The van der Waals surface area contributed by atoms with Crippen LogP contribution in [-0.4, -0.2) is 39.0 Å². The van der Waals surface area contributed by atoms with E-state index >= 15 is 0 Å². The minimum absolute atomic E-state index is 0.0154. The lowest BCUT2D eigenvalue weighted by molar-refractivity contribution is 0.102. The van der Waals surface area contributed by atoms with Gasteiger partial charge in [-0.15, -0.1) is 0 Å². The fourth-order valence-corrected chi connectivity index (χ4v) is 4.01. The third-order valence-corrected chi connectivity index (χ3v) is 6.22. The Morgan fingerprint density at radius 2 is 1.79 bits per heavy atom. The van der Waals surface area contributed by atoms with E-state index in [2.05, 4.69) is 27.9 Å². The predicted octanol–water partition coefficient (Wildman–Crippen LogP) is 5.46. The maximum Gasteiger partial charge on any atom is 0.412 e. The van der Waals surface area contributed by atoms with Gasteiger partial charge in [-0.3, -0.25) is 15.5 Å². The number of rotatable bonds is 11. The van der Waals surface area contributed by atoms with Gasteiger partial charge in [-0.2, -0.15) is 0 Å². The molecule has 10 heteroatoms. The molecule has 2 amide bonds. The summed E-state index contributed by atoms with van der Waals surface area (Å²) in [6.45, 7) is 2.93. The molecule has 39 heavy (non-hydrogen) atoms. The monoisotopic (exact) mass is 527 g/mol. The van der Waals surface area contributed by atoms with E-state index in [1.54, 1.807) is 42.6 Å². The molecule has 0 aliphatic carbocycles. The van der Waals surface area contributed by atoms with Gasteiger partial charge in [0.15, 0.2) is 0 Å². The summed E-state index contributed by atoms with van der Waals surface area (Å²) in [6.07, 6.45) is 5.09. The number of imidazole rings is 1. The van der Waals surface area contributed by atoms with Crippen LogP contribution < -0.4 is 16.0 Å². The third-order valence-electron chi connectivity index (χ3n) is 6.22. The van der Waals surface area contributed by atoms with Crippen LogP contribution in [0, 0.1) is 5.41 Å². The number of alkyl carbamates (subject to hydrolysis) is 1. The zero-order valence-corrected chi connectivity index (χ0v) is 22.2. The van der Waals surface area contributed by atoms with E-state index in [9.17, 15) is 9.59 Å². The number of amidine groups is 1. The molecule has 4 aromatic rings. The topological polar surface area (TPSA) is 134 Å². The number of anilines is 2. The molecular formula is C29H33N7O3. The Bertz CT molecular complexity index is 1430. The highest BCUT2D eigenvalue weighted by Crippen LogP contribution is 2.19. The van der Waals surface area contributed by atoms with Crippen molar-refractivity contribution in [3.8, 4) is 0 Å². The molecule has 2 heterocycles. The molecule has 0 saturated heterocycles. The molecule has 0 aliphatic rings. The maximum absolute atomic E-state index is 12.6. The van der Waals surface area contributed by atoms with Crippen molar-refractivity contribution in [2.75, 3.05) is 17.2 Å². The molecule has 4 rings (SSSR count). The van der Waals surface area contributed by atoms with Gasteiger partial charge >= 0.3 is 6.09 Å². The molecule has 0 fully saturated rings. The first-order chi connectivity index (χ1) is 18.9. The summed E-state index contributed by atoms with van der Waals surface area (Å²) in [5.74, 6) is 1.02. The second kappa shape index (κ2) is 13.2. The number of carbonyl (C=O) groups excluding carboxylic acids is 2. The molecule has 0 spiro atoms. The second-order valence-corrected chi connectivity index (χ2v) is 9.09. The Balaban J connectivity index is 1.31. The number of aryl methyl sites for hydroxylation is 1. The van der Waals surface area contributed by atoms with Crippen LogP contribution in [0.25, 0.3) is 11.0 Å². The molecule has 0 bridgehead atoms.